The van der Waals surface area contributed by atoms with Gasteiger partial charge in [-0.2, -0.15) is 0 Å². The molecule has 0 unspecified atom stereocenters. The molecule has 0 amide bonds. The molecule has 5 atom stereocenters. The minimum Gasteiger partial charge on any atom is -0.504 e. The van der Waals surface area contributed by atoms with E-state index in [0.29, 0.717) is 25.1 Å². The number of ether oxygens (including phenoxy) is 1. The Morgan fingerprint density at radius 3 is 3.09 bits per heavy atom. The molecule has 5 heteroatoms. The summed E-state index contributed by atoms with van der Waals surface area (Å²) in [4.78, 5) is 1.62. The van der Waals surface area contributed by atoms with Crippen molar-refractivity contribution in [1.82, 2.24) is 4.90 Å². The first-order valence-electron chi connectivity index (χ1n) is 8.99. The molecule has 1 saturated heterocycles. The number of benzene rings is 1. The van der Waals surface area contributed by atoms with Gasteiger partial charge in [0.15, 0.2) is 11.5 Å². The van der Waals surface area contributed by atoms with Gasteiger partial charge in [-0.3, -0.25) is 0 Å². The summed E-state index contributed by atoms with van der Waals surface area (Å²) in [6.07, 6.45) is 3.69. The molecule has 2 heterocycles. The number of aliphatic hydroxyl groups excluding tert-OH is 1. The van der Waals surface area contributed by atoms with Crippen molar-refractivity contribution in [3.63, 3.8) is 0 Å². The fourth-order valence-corrected chi connectivity index (χ4v) is 5.06. The zero-order valence-corrected chi connectivity index (χ0v) is 12.0. The minimum atomic E-state index is -2.14. The first-order valence-corrected chi connectivity index (χ1v) is 7.49. The molecule has 1 aromatic carbocycles. The first-order chi connectivity index (χ1) is 11.3. The topological polar surface area (TPSA) is 84.4 Å². The summed E-state index contributed by atoms with van der Waals surface area (Å²) >= 11 is 0. The maximum Gasteiger partial charge on any atom is 0.165 e. The molecule has 4 aliphatic rings. The molecule has 0 radical (unpaired) electrons. The number of phenolic OH excluding ortho intramolecular Hbond substituents is 1. The van der Waals surface area contributed by atoms with E-state index < -0.39 is 24.6 Å². The molecule has 4 N–H and O–H groups in total. The lowest BCUT2D eigenvalue weighted by Gasteiger charge is -2.56. The summed E-state index contributed by atoms with van der Waals surface area (Å²) in [6, 6.07) is 3.33. The predicted molar refractivity (Wildman–Crippen MR) is 81.2 cm³/mol. The van der Waals surface area contributed by atoms with E-state index in [0.717, 1.165) is 11.1 Å². The Labute approximate surface area is 133 Å². The lowest BCUT2D eigenvalue weighted by Crippen LogP contribution is -2.64. The number of likely N-dealkylation sites (tertiary alicyclic amines) is 1. The average molecular weight is 306 g/mol. The van der Waals surface area contributed by atoms with Gasteiger partial charge in [-0.05, 0) is 38.0 Å². The van der Waals surface area contributed by atoms with Gasteiger partial charge < -0.3 is 25.3 Å². The summed E-state index contributed by atoms with van der Waals surface area (Å²) in [7, 11) is 0. The van der Waals surface area contributed by atoms with E-state index in [1.54, 1.807) is 17.0 Å². The van der Waals surface area contributed by atoms with Crippen molar-refractivity contribution in [1.29, 1.82) is 0 Å². The van der Waals surface area contributed by atoms with Crippen LogP contribution in [0, 0.1) is 5.92 Å². The monoisotopic (exact) mass is 306 g/mol. The number of rotatable bonds is 0. The van der Waals surface area contributed by atoms with E-state index in [1.807, 2.05) is 12.1 Å². The van der Waals surface area contributed by atoms with Crippen molar-refractivity contribution in [2.45, 2.75) is 36.5 Å². The standard InChI is InChI=1S/C17H19NO3.H2O/c1-18-7-6-17-10-3-5-13(20)16(17)21-15-12(19)4-2-9(14(15)17)8-11(10)18;/h2-5,10-11,13,16,19-20H,6-8H2,1H3;1H2/t10-,11+,13-,16-,17-;/m0./s1/i1D3;. The van der Waals surface area contributed by atoms with Crippen molar-refractivity contribution in [3.05, 3.63) is 35.4 Å². The van der Waals surface area contributed by atoms with Crippen LogP contribution in [0.2, 0.25) is 0 Å². The van der Waals surface area contributed by atoms with Crippen LogP contribution >= 0.6 is 0 Å². The average Bonchev–Trinajstić information content (AvgIpc) is 2.85. The van der Waals surface area contributed by atoms with Crippen molar-refractivity contribution in [2.75, 3.05) is 13.5 Å². The Balaban J connectivity index is 0.00000157. The summed E-state index contributed by atoms with van der Waals surface area (Å²) in [6.45, 7) is -1.70. The first kappa shape index (κ1) is 11.0. The smallest absolute Gasteiger partial charge is 0.165 e. The molecule has 22 heavy (non-hydrogen) atoms. The van der Waals surface area contributed by atoms with E-state index in [2.05, 4.69) is 0 Å². The third-order valence-corrected chi connectivity index (χ3v) is 5.87. The number of likely N-dealkylation sites (N-methyl/N-ethyl adjacent to an activating group) is 1. The largest absolute Gasteiger partial charge is 0.504 e. The SMILES string of the molecule is O.[2H]C([2H])([2H])N1CC[C@]23c4c5ccc(O)c4O[C@H]2[C@@H](O)C=C[C@H]3[C@H]1C5. The fourth-order valence-electron chi connectivity index (χ4n) is 5.06. The molecule has 1 aromatic rings. The Morgan fingerprint density at radius 2 is 2.27 bits per heavy atom. The summed E-state index contributed by atoms with van der Waals surface area (Å²) in [5.74, 6) is 0.543. The van der Waals surface area contributed by atoms with Crippen molar-refractivity contribution < 1.29 is 24.5 Å². The van der Waals surface area contributed by atoms with Gasteiger partial charge in [-0.25, -0.2) is 0 Å². The minimum absolute atomic E-state index is 0. The summed E-state index contributed by atoms with van der Waals surface area (Å²) in [5, 5.41) is 20.7. The number of piperidine rings is 1. The van der Waals surface area contributed by atoms with Gasteiger partial charge in [-0.15, -0.1) is 0 Å². The molecule has 1 spiro atoms. The van der Waals surface area contributed by atoms with Crippen LogP contribution in [-0.2, 0) is 11.8 Å². The van der Waals surface area contributed by atoms with Crippen molar-refractivity contribution in [3.8, 4) is 11.5 Å². The highest BCUT2D eigenvalue weighted by atomic mass is 16.5. The second-order valence-electron chi connectivity index (χ2n) is 6.64. The highest BCUT2D eigenvalue weighted by Crippen LogP contribution is 2.62. The van der Waals surface area contributed by atoms with Gasteiger partial charge in [0.1, 0.15) is 12.2 Å². The number of aliphatic hydroxyl groups is 1. The Hall–Kier alpha value is -1.56. The Morgan fingerprint density at radius 1 is 1.41 bits per heavy atom. The van der Waals surface area contributed by atoms with Crippen LogP contribution in [0.25, 0.3) is 0 Å². The second kappa shape index (κ2) is 4.25. The van der Waals surface area contributed by atoms with E-state index in [-0.39, 0.29) is 23.2 Å². The highest BCUT2D eigenvalue weighted by molar-refractivity contribution is 5.61. The van der Waals surface area contributed by atoms with Gasteiger partial charge in [0.25, 0.3) is 0 Å². The Kier molecular flexibility index (Phi) is 2.13. The van der Waals surface area contributed by atoms with E-state index in [1.165, 1.54) is 0 Å². The second-order valence-corrected chi connectivity index (χ2v) is 6.64. The van der Waals surface area contributed by atoms with Gasteiger partial charge in [0, 0.05) is 27.1 Å². The van der Waals surface area contributed by atoms with Crippen molar-refractivity contribution >= 4 is 0 Å². The number of aromatic hydroxyl groups is 1. The van der Waals surface area contributed by atoms with Crippen LogP contribution in [0.1, 0.15) is 21.7 Å². The molecular formula is C17H21NO4. The zero-order valence-electron chi connectivity index (χ0n) is 15.0. The molecule has 0 aromatic heterocycles. The highest BCUT2D eigenvalue weighted by Gasteiger charge is 2.64. The van der Waals surface area contributed by atoms with Gasteiger partial charge in [-0.1, -0.05) is 18.2 Å². The zero-order chi connectivity index (χ0) is 16.9. The van der Waals surface area contributed by atoms with Crippen LogP contribution < -0.4 is 4.74 Å². The summed E-state index contributed by atoms with van der Waals surface area (Å²) in [5.41, 5.74) is 1.58. The van der Waals surface area contributed by atoms with Crippen LogP contribution in [0.5, 0.6) is 11.5 Å². The van der Waals surface area contributed by atoms with Crippen LogP contribution in [0.4, 0.5) is 0 Å². The van der Waals surface area contributed by atoms with Crippen LogP contribution in [0.3, 0.4) is 0 Å². The maximum absolute atomic E-state index is 10.5. The van der Waals surface area contributed by atoms with Gasteiger partial charge in [0.2, 0.25) is 0 Å². The molecule has 2 aliphatic heterocycles. The van der Waals surface area contributed by atoms with Crippen LogP contribution in [0.15, 0.2) is 24.3 Å². The third kappa shape index (κ3) is 1.35. The van der Waals surface area contributed by atoms with Gasteiger partial charge >= 0.3 is 0 Å². The van der Waals surface area contributed by atoms with Crippen molar-refractivity contribution in [2.24, 2.45) is 5.92 Å². The number of hydrogen-bond donors (Lipinski definition) is 2. The molecule has 2 aliphatic carbocycles. The molecule has 118 valence electrons. The normalized spacial score (nSPS) is 43.2. The molecule has 5 rings (SSSR count). The number of phenols is 1. The maximum atomic E-state index is 10.5. The van der Waals surface area contributed by atoms with Gasteiger partial charge in [0.05, 0.1) is 0 Å². The number of hydrogen-bond acceptors (Lipinski definition) is 4. The predicted octanol–water partition coefficient (Wildman–Crippen LogP) is 0.373. The van der Waals surface area contributed by atoms with E-state index in [9.17, 15) is 10.2 Å². The van der Waals surface area contributed by atoms with E-state index >= 15 is 0 Å². The molecule has 2 bridgehead atoms. The molecular weight excluding hydrogens is 282 g/mol. The lowest BCUT2D eigenvalue weighted by molar-refractivity contribution is -0.0453. The third-order valence-electron chi connectivity index (χ3n) is 5.87. The fraction of sp³-hybridized carbons (Fsp3) is 0.529. The molecule has 5 nitrogen and oxygen atoms in total. The Bertz CT molecular complexity index is 765. The molecule has 1 fully saturated rings. The summed E-state index contributed by atoms with van der Waals surface area (Å²) < 4.78 is 29.7. The van der Waals surface area contributed by atoms with E-state index in [4.69, 9.17) is 8.85 Å². The number of nitrogens with zero attached hydrogens (tertiary/aromatic N) is 1. The quantitative estimate of drug-likeness (QED) is 0.678. The van der Waals surface area contributed by atoms with Crippen LogP contribution in [-0.4, -0.2) is 52.4 Å². The molecule has 0 saturated carbocycles. The lowest BCUT2D eigenvalue weighted by atomic mass is 9.53.